The molecule has 0 aromatic carbocycles. The molecule has 1 aliphatic heterocycles. The fourth-order valence-corrected chi connectivity index (χ4v) is 1.69. The Kier molecular flexibility index (Phi) is 3.88. The number of aromatic nitrogens is 1. The zero-order chi connectivity index (χ0) is 11.4. The van der Waals surface area contributed by atoms with Gasteiger partial charge in [-0.05, 0) is 12.5 Å². The summed E-state index contributed by atoms with van der Waals surface area (Å²) in [4.78, 5) is 4.11. The molecule has 0 spiro atoms. The number of rotatable bonds is 5. The predicted molar refractivity (Wildman–Crippen MR) is 60.9 cm³/mol. The molecule has 1 aliphatic rings. The largest absolute Gasteiger partial charge is 0.376 e. The molecule has 88 valence electrons. The van der Waals surface area contributed by atoms with Crippen LogP contribution in [0, 0.1) is 0 Å². The van der Waals surface area contributed by atoms with Crippen LogP contribution in [0.3, 0.4) is 0 Å². The minimum Gasteiger partial charge on any atom is -0.376 e. The molecular formula is C12H18N2O2. The number of hydrogen-bond donors (Lipinski definition) is 1. The molecule has 1 fully saturated rings. The topological polar surface area (TPSA) is 57.4 Å². The summed E-state index contributed by atoms with van der Waals surface area (Å²) in [5.74, 6) is 0. The summed E-state index contributed by atoms with van der Waals surface area (Å²) in [6.07, 6.45) is 4.56. The highest BCUT2D eigenvalue weighted by atomic mass is 16.6. The van der Waals surface area contributed by atoms with Crippen LogP contribution in [0.25, 0.3) is 0 Å². The van der Waals surface area contributed by atoms with Crippen molar-refractivity contribution >= 4 is 0 Å². The van der Waals surface area contributed by atoms with E-state index in [1.807, 2.05) is 18.3 Å². The first-order chi connectivity index (χ1) is 7.81. The number of ether oxygens (including phenoxy) is 2. The van der Waals surface area contributed by atoms with Gasteiger partial charge in [0.15, 0.2) is 0 Å². The van der Waals surface area contributed by atoms with Crippen LogP contribution in [0.1, 0.15) is 25.0 Å². The molecule has 2 unspecified atom stereocenters. The van der Waals surface area contributed by atoms with Gasteiger partial charge in [-0.15, -0.1) is 0 Å². The van der Waals surface area contributed by atoms with Gasteiger partial charge in [-0.1, -0.05) is 13.0 Å². The second kappa shape index (κ2) is 5.39. The van der Waals surface area contributed by atoms with Crippen LogP contribution in [0.2, 0.25) is 0 Å². The summed E-state index contributed by atoms with van der Waals surface area (Å²) in [5, 5.41) is 0. The molecule has 0 aliphatic carbocycles. The van der Waals surface area contributed by atoms with E-state index in [0.29, 0.717) is 13.2 Å². The van der Waals surface area contributed by atoms with E-state index in [2.05, 4.69) is 11.9 Å². The van der Waals surface area contributed by atoms with E-state index in [1.54, 1.807) is 6.20 Å². The van der Waals surface area contributed by atoms with Crippen LogP contribution in [0.15, 0.2) is 24.5 Å². The van der Waals surface area contributed by atoms with Crippen molar-refractivity contribution in [2.75, 3.05) is 13.2 Å². The molecule has 4 nitrogen and oxygen atoms in total. The lowest BCUT2D eigenvalue weighted by atomic mass is 10.0. The van der Waals surface area contributed by atoms with Crippen molar-refractivity contribution in [3.8, 4) is 0 Å². The second-order valence-corrected chi connectivity index (χ2v) is 4.07. The van der Waals surface area contributed by atoms with E-state index in [9.17, 15) is 0 Å². The van der Waals surface area contributed by atoms with Crippen LogP contribution in [-0.4, -0.2) is 30.3 Å². The molecule has 0 amide bonds. The van der Waals surface area contributed by atoms with Crippen molar-refractivity contribution < 1.29 is 9.47 Å². The number of hydrogen-bond acceptors (Lipinski definition) is 4. The molecule has 0 bridgehead atoms. The van der Waals surface area contributed by atoms with Crippen LogP contribution in [0.5, 0.6) is 0 Å². The Morgan fingerprint density at radius 1 is 1.62 bits per heavy atom. The fourth-order valence-electron chi connectivity index (χ4n) is 1.69. The molecule has 4 heteroatoms. The van der Waals surface area contributed by atoms with Crippen molar-refractivity contribution in [1.29, 1.82) is 0 Å². The maximum absolute atomic E-state index is 6.08. The molecule has 1 aromatic heterocycles. The summed E-state index contributed by atoms with van der Waals surface area (Å²) < 4.78 is 11.0. The Labute approximate surface area is 95.8 Å². The molecule has 0 radical (unpaired) electrons. The Bertz CT molecular complexity index is 314. The SMILES string of the molecule is CCC(N)C(OC1COC1)c1cccnc1. The van der Waals surface area contributed by atoms with Crippen molar-refractivity contribution in [2.24, 2.45) is 5.73 Å². The van der Waals surface area contributed by atoms with Gasteiger partial charge in [0.25, 0.3) is 0 Å². The van der Waals surface area contributed by atoms with Gasteiger partial charge in [-0.2, -0.15) is 0 Å². The quantitative estimate of drug-likeness (QED) is 0.815. The Hall–Kier alpha value is -0.970. The number of nitrogens with two attached hydrogens (primary N) is 1. The second-order valence-electron chi connectivity index (χ2n) is 4.07. The predicted octanol–water partition coefficient (Wildman–Crippen LogP) is 1.28. The fraction of sp³-hybridized carbons (Fsp3) is 0.583. The van der Waals surface area contributed by atoms with Gasteiger partial charge in [0.2, 0.25) is 0 Å². The lowest BCUT2D eigenvalue weighted by Gasteiger charge is -2.33. The summed E-state index contributed by atoms with van der Waals surface area (Å²) in [6, 6.07) is 3.92. The van der Waals surface area contributed by atoms with Gasteiger partial charge in [-0.3, -0.25) is 4.98 Å². The molecule has 1 saturated heterocycles. The first kappa shape index (κ1) is 11.5. The standard InChI is InChI=1S/C12H18N2O2/c1-2-11(13)12(16-10-7-15-8-10)9-4-3-5-14-6-9/h3-6,10-12H,2,7-8,13H2,1H3. The number of pyridine rings is 1. The van der Waals surface area contributed by atoms with Gasteiger partial charge >= 0.3 is 0 Å². The molecule has 2 rings (SSSR count). The highest BCUT2D eigenvalue weighted by Gasteiger charge is 2.27. The summed E-state index contributed by atoms with van der Waals surface area (Å²) >= 11 is 0. The highest BCUT2D eigenvalue weighted by Crippen LogP contribution is 2.25. The van der Waals surface area contributed by atoms with E-state index < -0.39 is 0 Å². The van der Waals surface area contributed by atoms with Gasteiger partial charge in [-0.25, -0.2) is 0 Å². The van der Waals surface area contributed by atoms with Crippen molar-refractivity contribution in [3.63, 3.8) is 0 Å². The Morgan fingerprint density at radius 2 is 2.44 bits per heavy atom. The minimum absolute atomic E-state index is 0.00444. The van der Waals surface area contributed by atoms with Crippen molar-refractivity contribution in [2.45, 2.75) is 31.6 Å². The summed E-state index contributed by atoms with van der Waals surface area (Å²) in [5.41, 5.74) is 7.13. The molecule has 2 heterocycles. The smallest absolute Gasteiger partial charge is 0.105 e. The zero-order valence-electron chi connectivity index (χ0n) is 9.50. The molecule has 2 atom stereocenters. The third-order valence-electron chi connectivity index (χ3n) is 2.82. The zero-order valence-corrected chi connectivity index (χ0v) is 9.50. The van der Waals surface area contributed by atoms with Gasteiger partial charge in [0.05, 0.1) is 19.3 Å². The monoisotopic (exact) mass is 222 g/mol. The van der Waals surface area contributed by atoms with E-state index >= 15 is 0 Å². The molecule has 1 aromatic rings. The average molecular weight is 222 g/mol. The lowest BCUT2D eigenvalue weighted by molar-refractivity contribution is -0.160. The van der Waals surface area contributed by atoms with Crippen LogP contribution < -0.4 is 5.73 Å². The van der Waals surface area contributed by atoms with E-state index in [1.165, 1.54) is 0 Å². The normalized spacial score (nSPS) is 20.1. The van der Waals surface area contributed by atoms with Gasteiger partial charge in [0.1, 0.15) is 6.10 Å². The first-order valence-corrected chi connectivity index (χ1v) is 5.70. The Balaban J connectivity index is 2.07. The van der Waals surface area contributed by atoms with Crippen LogP contribution in [-0.2, 0) is 9.47 Å². The molecule has 2 N–H and O–H groups in total. The maximum atomic E-state index is 6.08. The van der Waals surface area contributed by atoms with Crippen LogP contribution in [0.4, 0.5) is 0 Å². The van der Waals surface area contributed by atoms with E-state index in [-0.39, 0.29) is 18.2 Å². The highest BCUT2D eigenvalue weighted by molar-refractivity contribution is 5.14. The summed E-state index contributed by atoms with van der Waals surface area (Å²) in [6.45, 7) is 3.41. The third-order valence-corrected chi connectivity index (χ3v) is 2.82. The van der Waals surface area contributed by atoms with Gasteiger partial charge in [0, 0.05) is 24.0 Å². The van der Waals surface area contributed by atoms with Crippen molar-refractivity contribution in [3.05, 3.63) is 30.1 Å². The van der Waals surface area contributed by atoms with Crippen molar-refractivity contribution in [1.82, 2.24) is 4.98 Å². The number of nitrogens with zero attached hydrogens (tertiary/aromatic N) is 1. The third kappa shape index (κ3) is 2.58. The minimum atomic E-state index is -0.0763. The summed E-state index contributed by atoms with van der Waals surface area (Å²) in [7, 11) is 0. The average Bonchev–Trinajstić information content (AvgIpc) is 2.28. The molecule has 16 heavy (non-hydrogen) atoms. The Morgan fingerprint density at radius 3 is 2.94 bits per heavy atom. The lowest BCUT2D eigenvalue weighted by Crippen LogP contribution is -2.41. The first-order valence-electron chi connectivity index (χ1n) is 5.70. The van der Waals surface area contributed by atoms with E-state index in [0.717, 1.165) is 12.0 Å². The van der Waals surface area contributed by atoms with E-state index in [4.69, 9.17) is 15.2 Å². The van der Waals surface area contributed by atoms with Crippen LogP contribution >= 0.6 is 0 Å². The van der Waals surface area contributed by atoms with Gasteiger partial charge < -0.3 is 15.2 Å². The maximum Gasteiger partial charge on any atom is 0.105 e. The molecular weight excluding hydrogens is 204 g/mol. The molecule has 0 saturated carbocycles.